The number of nitrogens with one attached hydrogen (secondary N) is 1. The number of rotatable bonds is 5. The molecule has 0 aliphatic carbocycles. The van der Waals surface area contributed by atoms with Crippen LogP contribution >= 0.6 is 0 Å². The molecule has 1 atom stereocenters. The number of imidazole rings is 1. The van der Waals surface area contributed by atoms with Crippen LogP contribution in [0.3, 0.4) is 0 Å². The Balaban J connectivity index is 1.75. The number of ether oxygens (including phenoxy) is 2. The maximum absolute atomic E-state index is 12.4. The predicted octanol–water partition coefficient (Wildman–Crippen LogP) is 1.43. The van der Waals surface area contributed by atoms with E-state index in [4.69, 9.17) is 4.74 Å². The highest BCUT2D eigenvalue weighted by atomic mass is 32.2. The second-order valence-electron chi connectivity index (χ2n) is 5.44. The Kier molecular flexibility index (Phi) is 4.69. The van der Waals surface area contributed by atoms with Crippen molar-refractivity contribution in [3.05, 3.63) is 40.6 Å². The molecule has 1 aliphatic rings. The van der Waals surface area contributed by atoms with Gasteiger partial charge in [0.1, 0.15) is 18.6 Å². The van der Waals surface area contributed by atoms with Gasteiger partial charge < -0.3 is 19.6 Å². The van der Waals surface area contributed by atoms with Crippen molar-refractivity contribution in [2.45, 2.75) is 23.8 Å². The van der Waals surface area contributed by atoms with E-state index in [9.17, 15) is 31.7 Å². The first-order valence-corrected chi connectivity index (χ1v) is 8.74. The number of halogens is 3. The average Bonchev–Trinajstić information content (AvgIpc) is 2.97. The van der Waals surface area contributed by atoms with Crippen LogP contribution in [0.25, 0.3) is 0 Å². The lowest BCUT2D eigenvalue weighted by Crippen LogP contribution is -2.44. The number of hydrogen-bond donors (Lipinski definition) is 1. The fraction of sp³-hybridized carbons (Fsp3) is 0.308. The van der Waals surface area contributed by atoms with Crippen molar-refractivity contribution in [3.63, 3.8) is 0 Å². The summed E-state index contributed by atoms with van der Waals surface area (Å²) in [5.74, 6) is -1.14. The van der Waals surface area contributed by atoms with E-state index >= 15 is 0 Å². The summed E-state index contributed by atoms with van der Waals surface area (Å²) in [7, 11) is -4.20. The van der Waals surface area contributed by atoms with E-state index < -0.39 is 43.8 Å². The van der Waals surface area contributed by atoms with E-state index in [0.29, 0.717) is 0 Å². The third-order valence-corrected chi connectivity index (χ3v) is 4.93. The minimum atomic E-state index is -4.96. The smallest absolute Gasteiger partial charge is 0.444 e. The van der Waals surface area contributed by atoms with Crippen LogP contribution < -0.4 is 14.2 Å². The van der Waals surface area contributed by atoms with Gasteiger partial charge in [0.15, 0.2) is 0 Å². The van der Waals surface area contributed by atoms with Crippen LogP contribution in [0.15, 0.2) is 35.4 Å². The molecule has 0 fully saturated rings. The van der Waals surface area contributed by atoms with Crippen molar-refractivity contribution in [1.82, 2.24) is 14.3 Å². The molecular formula is C13H11F3N4O6S. The van der Waals surface area contributed by atoms with Gasteiger partial charge in [-0.15, -0.1) is 13.2 Å². The largest absolute Gasteiger partial charge is 0.573 e. The van der Waals surface area contributed by atoms with E-state index in [0.717, 1.165) is 30.5 Å². The molecular weight excluding hydrogens is 397 g/mol. The molecule has 0 unspecified atom stereocenters. The summed E-state index contributed by atoms with van der Waals surface area (Å²) in [6.45, 7) is -0.166. The van der Waals surface area contributed by atoms with Gasteiger partial charge in [0.05, 0.1) is 10.9 Å². The van der Waals surface area contributed by atoms with E-state index in [1.807, 2.05) is 0 Å². The lowest BCUT2D eigenvalue weighted by molar-refractivity contribution is -0.389. The quantitative estimate of drug-likeness (QED) is 0.586. The molecule has 2 aromatic rings. The van der Waals surface area contributed by atoms with E-state index in [1.54, 1.807) is 0 Å². The average molecular weight is 408 g/mol. The van der Waals surface area contributed by atoms with Gasteiger partial charge in [0, 0.05) is 17.6 Å². The number of fused-ring (bicyclic) bond motifs is 1. The molecule has 0 spiro atoms. The first-order chi connectivity index (χ1) is 12.5. The number of nitrogens with zero attached hydrogens (tertiary/aromatic N) is 3. The Morgan fingerprint density at radius 2 is 2.15 bits per heavy atom. The topological polar surface area (TPSA) is 126 Å². The third-order valence-electron chi connectivity index (χ3n) is 3.42. The Bertz CT molecular complexity index is 975. The number of nitro groups is 1. The molecule has 1 aromatic heterocycles. The summed E-state index contributed by atoms with van der Waals surface area (Å²) in [4.78, 5) is 13.2. The Morgan fingerprint density at radius 3 is 2.81 bits per heavy atom. The Labute approximate surface area is 149 Å². The first-order valence-electron chi connectivity index (χ1n) is 7.26. The molecule has 27 heavy (non-hydrogen) atoms. The highest BCUT2D eigenvalue weighted by Gasteiger charge is 2.33. The molecule has 146 valence electrons. The zero-order valence-corrected chi connectivity index (χ0v) is 14.0. The van der Waals surface area contributed by atoms with Gasteiger partial charge in [-0.3, -0.25) is 4.57 Å². The molecule has 0 saturated heterocycles. The Hall–Kier alpha value is -2.87. The molecule has 1 aliphatic heterocycles. The molecule has 3 rings (SSSR count). The van der Waals surface area contributed by atoms with Gasteiger partial charge in [-0.25, -0.2) is 13.1 Å². The van der Waals surface area contributed by atoms with Crippen molar-refractivity contribution >= 4 is 15.8 Å². The monoisotopic (exact) mass is 408 g/mol. The van der Waals surface area contributed by atoms with Crippen LogP contribution in [0.2, 0.25) is 0 Å². The standard InChI is InChI=1S/C13H11F3N4O6S/c14-13(15,16)26-9-2-1-3-10(4-9)27(23,24)18-8-5-19-6-11(20(21)22)17-12(19)25-7-8/h1-4,6,8,18H,5,7H2/t8-/m0/s1. The van der Waals surface area contributed by atoms with Crippen molar-refractivity contribution < 1.29 is 36.0 Å². The maximum atomic E-state index is 12.4. The van der Waals surface area contributed by atoms with E-state index in [-0.39, 0.29) is 19.2 Å². The Morgan fingerprint density at radius 1 is 1.41 bits per heavy atom. The molecule has 0 amide bonds. The van der Waals surface area contributed by atoms with Crippen LogP contribution in [0.1, 0.15) is 0 Å². The fourth-order valence-corrected chi connectivity index (χ4v) is 3.63. The number of alkyl halides is 3. The summed E-state index contributed by atoms with van der Waals surface area (Å²) < 4.78 is 74.1. The summed E-state index contributed by atoms with van der Waals surface area (Å²) in [6.07, 6.45) is -3.87. The molecule has 1 aromatic carbocycles. The van der Waals surface area contributed by atoms with Gasteiger partial charge in [-0.2, -0.15) is 0 Å². The van der Waals surface area contributed by atoms with Crippen molar-refractivity contribution in [1.29, 1.82) is 0 Å². The molecule has 1 N–H and O–H groups in total. The number of sulfonamides is 1. The van der Waals surface area contributed by atoms with E-state index in [1.165, 1.54) is 4.57 Å². The summed E-state index contributed by atoms with van der Waals surface area (Å²) >= 11 is 0. The second kappa shape index (κ2) is 6.70. The van der Waals surface area contributed by atoms with E-state index in [2.05, 4.69) is 14.4 Å². The van der Waals surface area contributed by atoms with Crippen molar-refractivity contribution in [3.8, 4) is 11.8 Å². The number of benzene rings is 1. The summed E-state index contributed by atoms with van der Waals surface area (Å²) in [5, 5.41) is 10.7. The molecule has 0 bridgehead atoms. The summed E-state index contributed by atoms with van der Waals surface area (Å²) in [6, 6.07) is 3.05. The normalized spacial score (nSPS) is 17.1. The molecule has 0 radical (unpaired) electrons. The highest BCUT2D eigenvalue weighted by Crippen LogP contribution is 2.26. The second-order valence-corrected chi connectivity index (χ2v) is 7.16. The van der Waals surface area contributed by atoms with Gasteiger partial charge >= 0.3 is 18.2 Å². The molecule has 0 saturated carbocycles. The number of aromatic nitrogens is 2. The van der Waals surface area contributed by atoms with Gasteiger partial charge in [0.2, 0.25) is 10.0 Å². The van der Waals surface area contributed by atoms with Gasteiger partial charge in [-0.1, -0.05) is 6.07 Å². The number of hydrogen-bond acceptors (Lipinski definition) is 7. The molecule has 2 heterocycles. The van der Waals surface area contributed by atoms with Crippen LogP contribution in [-0.4, -0.2) is 41.9 Å². The van der Waals surface area contributed by atoms with Crippen LogP contribution in [0.5, 0.6) is 11.8 Å². The third kappa shape index (κ3) is 4.46. The maximum Gasteiger partial charge on any atom is 0.573 e. The fourth-order valence-electron chi connectivity index (χ4n) is 2.38. The van der Waals surface area contributed by atoms with Crippen molar-refractivity contribution in [2.24, 2.45) is 0 Å². The SMILES string of the molecule is O=[N+]([O-])c1cn2c(n1)OC[C@@H](NS(=O)(=O)c1cccc(OC(F)(F)F)c1)C2. The predicted molar refractivity (Wildman–Crippen MR) is 81.6 cm³/mol. The van der Waals surface area contributed by atoms with Crippen molar-refractivity contribution in [2.75, 3.05) is 6.61 Å². The summed E-state index contributed by atoms with van der Waals surface area (Å²) in [5.41, 5.74) is 0. The zero-order chi connectivity index (χ0) is 19.8. The van der Waals surface area contributed by atoms with Crippen LogP contribution in [0, 0.1) is 10.1 Å². The lowest BCUT2D eigenvalue weighted by Gasteiger charge is -2.23. The minimum absolute atomic E-state index is 0.00581. The van der Waals surface area contributed by atoms with Crippen LogP contribution in [-0.2, 0) is 16.6 Å². The highest BCUT2D eigenvalue weighted by molar-refractivity contribution is 7.89. The molecule has 14 heteroatoms. The van der Waals surface area contributed by atoms with Crippen LogP contribution in [0.4, 0.5) is 19.0 Å². The lowest BCUT2D eigenvalue weighted by atomic mass is 10.3. The zero-order valence-electron chi connectivity index (χ0n) is 13.2. The minimum Gasteiger partial charge on any atom is -0.444 e. The molecule has 10 nitrogen and oxygen atoms in total. The van der Waals surface area contributed by atoms with Gasteiger partial charge in [-0.05, 0) is 17.1 Å². The first kappa shape index (κ1) is 18.9. The van der Waals surface area contributed by atoms with Gasteiger partial charge in [0.25, 0.3) is 0 Å².